The van der Waals surface area contributed by atoms with E-state index in [1.807, 2.05) is 36.5 Å². The van der Waals surface area contributed by atoms with Crippen molar-refractivity contribution in [1.29, 1.82) is 0 Å². The van der Waals surface area contributed by atoms with Crippen molar-refractivity contribution >= 4 is 37.9 Å². The average molecular weight is 520 g/mol. The third-order valence-corrected chi connectivity index (χ3v) is 7.99. The molecule has 0 amide bonds. The number of halogens is 1. The van der Waals surface area contributed by atoms with Crippen LogP contribution in [0.25, 0.3) is 33.7 Å². The number of hydrogen-bond donors (Lipinski definition) is 0. The Morgan fingerprint density at radius 2 is 1.58 bits per heavy atom. The van der Waals surface area contributed by atoms with Crippen LogP contribution < -0.4 is 0 Å². The Hall–Kier alpha value is -4.02. The van der Waals surface area contributed by atoms with Crippen LogP contribution in [0, 0.1) is 5.82 Å². The van der Waals surface area contributed by atoms with Crippen LogP contribution >= 0.6 is 0 Å². The van der Waals surface area contributed by atoms with Crippen LogP contribution in [0.2, 0.25) is 0 Å². The fourth-order valence-corrected chi connectivity index (χ4v) is 5.33. The molecule has 1 unspecified atom stereocenters. The molecule has 5 rings (SSSR count). The van der Waals surface area contributed by atoms with Gasteiger partial charge in [0.1, 0.15) is 5.82 Å². The third-order valence-electron chi connectivity index (χ3n) is 6.72. The minimum atomic E-state index is -2.31. The summed E-state index contributed by atoms with van der Waals surface area (Å²) in [5, 5.41) is 1.12. The summed E-state index contributed by atoms with van der Waals surface area (Å²) in [4.78, 5) is 5.40. The summed E-state index contributed by atoms with van der Waals surface area (Å²) in [6, 6.07) is 31.1. The summed E-state index contributed by atoms with van der Waals surface area (Å²) >= 11 is 0. The summed E-state index contributed by atoms with van der Waals surface area (Å²) < 4.78 is 26.2. The van der Waals surface area contributed by atoms with Crippen molar-refractivity contribution in [3.8, 4) is 11.1 Å². The highest BCUT2D eigenvalue weighted by Crippen LogP contribution is 2.33. The van der Waals surface area contributed by atoms with Crippen LogP contribution in [0.4, 0.5) is 4.39 Å². The lowest BCUT2D eigenvalue weighted by Gasteiger charge is -2.14. The van der Waals surface area contributed by atoms with Crippen molar-refractivity contribution in [2.75, 3.05) is 6.26 Å². The van der Waals surface area contributed by atoms with Gasteiger partial charge in [-0.05, 0) is 109 Å². The van der Waals surface area contributed by atoms with E-state index in [1.54, 1.807) is 18.4 Å². The molecule has 4 aromatic carbocycles. The standard InChI is InChI=1S/C34H30FNOS/c1-23(2)29-21-28-9-6-18-36-34(28)33(22-29)27-8-5-7-24(19-27)20-32(25-10-14-30(35)15-11-25)26-12-16-31(17-13-26)38(3,4)37/h5-23H,3H2,1-2,4H3/b32-20+. The van der Waals surface area contributed by atoms with Gasteiger partial charge in [0.15, 0.2) is 0 Å². The molecule has 1 atom stereocenters. The van der Waals surface area contributed by atoms with Crippen molar-refractivity contribution in [2.24, 2.45) is 0 Å². The van der Waals surface area contributed by atoms with Gasteiger partial charge < -0.3 is 0 Å². The smallest absolute Gasteiger partial charge is 0.123 e. The second-order valence-electron chi connectivity index (χ2n) is 10.0. The lowest BCUT2D eigenvalue weighted by Crippen LogP contribution is -1.97. The number of fused-ring (bicyclic) bond motifs is 1. The van der Waals surface area contributed by atoms with Crippen LogP contribution in [0.1, 0.15) is 42.0 Å². The Morgan fingerprint density at radius 3 is 2.24 bits per heavy atom. The molecule has 0 aliphatic rings. The monoisotopic (exact) mass is 519 g/mol. The van der Waals surface area contributed by atoms with Crippen LogP contribution in [-0.4, -0.2) is 21.3 Å². The molecule has 0 fully saturated rings. The average Bonchev–Trinajstić information content (AvgIpc) is 2.91. The Morgan fingerprint density at radius 1 is 0.895 bits per heavy atom. The summed E-state index contributed by atoms with van der Waals surface area (Å²) in [7, 11) is -2.31. The molecule has 0 aliphatic carbocycles. The van der Waals surface area contributed by atoms with Gasteiger partial charge in [0, 0.05) is 28.3 Å². The fraction of sp³-hybridized carbons (Fsp3) is 0.118. The second kappa shape index (κ2) is 10.4. The predicted octanol–water partition coefficient (Wildman–Crippen LogP) is 8.46. The number of pyridine rings is 1. The van der Waals surface area contributed by atoms with E-state index in [9.17, 15) is 8.60 Å². The van der Waals surface area contributed by atoms with Crippen LogP contribution in [0.3, 0.4) is 0 Å². The molecule has 0 N–H and O–H groups in total. The van der Waals surface area contributed by atoms with E-state index in [0.717, 1.165) is 44.3 Å². The zero-order valence-electron chi connectivity index (χ0n) is 21.8. The van der Waals surface area contributed by atoms with Crippen LogP contribution in [0.5, 0.6) is 0 Å². The first-order chi connectivity index (χ1) is 18.2. The van der Waals surface area contributed by atoms with E-state index in [4.69, 9.17) is 4.98 Å². The second-order valence-corrected chi connectivity index (χ2v) is 12.5. The number of rotatable bonds is 6. The Bertz CT molecular complexity index is 1750. The van der Waals surface area contributed by atoms with E-state index in [-0.39, 0.29) is 5.82 Å². The maximum atomic E-state index is 13.8. The lowest BCUT2D eigenvalue weighted by atomic mass is 9.92. The number of nitrogens with zero attached hydrogens (tertiary/aromatic N) is 1. The van der Waals surface area contributed by atoms with E-state index in [1.165, 1.54) is 17.7 Å². The molecular formula is C34H30FNOS. The number of aromatic nitrogens is 1. The van der Waals surface area contributed by atoms with Gasteiger partial charge in [-0.25, -0.2) is 4.39 Å². The van der Waals surface area contributed by atoms with Crippen molar-refractivity contribution in [3.05, 3.63) is 131 Å². The largest absolute Gasteiger partial charge is 0.263 e. The van der Waals surface area contributed by atoms with Gasteiger partial charge in [-0.3, -0.25) is 9.19 Å². The van der Waals surface area contributed by atoms with Crippen molar-refractivity contribution < 1.29 is 8.60 Å². The molecule has 190 valence electrons. The molecule has 0 aliphatic heterocycles. The maximum Gasteiger partial charge on any atom is 0.123 e. The highest BCUT2D eigenvalue weighted by molar-refractivity contribution is 7.99. The fourth-order valence-electron chi connectivity index (χ4n) is 4.62. The van der Waals surface area contributed by atoms with Crippen molar-refractivity contribution in [1.82, 2.24) is 4.98 Å². The highest BCUT2D eigenvalue weighted by atomic mass is 32.2. The molecule has 0 saturated carbocycles. The van der Waals surface area contributed by atoms with Gasteiger partial charge in [0.25, 0.3) is 0 Å². The minimum Gasteiger partial charge on any atom is -0.263 e. The molecule has 4 heteroatoms. The maximum absolute atomic E-state index is 13.8. The zero-order valence-corrected chi connectivity index (χ0v) is 22.6. The van der Waals surface area contributed by atoms with Gasteiger partial charge in [-0.2, -0.15) is 0 Å². The summed E-state index contributed by atoms with van der Waals surface area (Å²) in [6.07, 6.45) is 5.58. The third kappa shape index (κ3) is 5.46. The summed E-state index contributed by atoms with van der Waals surface area (Å²) in [5.41, 5.74) is 8.23. The van der Waals surface area contributed by atoms with Gasteiger partial charge in [0.05, 0.1) is 5.52 Å². The Labute approximate surface area is 224 Å². The van der Waals surface area contributed by atoms with E-state index < -0.39 is 9.52 Å². The summed E-state index contributed by atoms with van der Waals surface area (Å²) in [6.45, 7) is 4.40. The van der Waals surface area contributed by atoms with E-state index >= 15 is 0 Å². The van der Waals surface area contributed by atoms with Gasteiger partial charge in [0.2, 0.25) is 0 Å². The van der Waals surface area contributed by atoms with Crippen LogP contribution in [-0.2, 0) is 9.52 Å². The van der Waals surface area contributed by atoms with E-state index in [0.29, 0.717) is 10.8 Å². The SMILES string of the molecule is C=S(C)(=O)c1ccc(/C(=C/c2cccc(-c3cc(C(C)C)cc4cccnc34)c2)c2ccc(F)cc2)cc1. The molecule has 0 spiro atoms. The van der Waals surface area contributed by atoms with Crippen molar-refractivity contribution in [2.45, 2.75) is 24.7 Å². The van der Waals surface area contributed by atoms with Gasteiger partial charge >= 0.3 is 0 Å². The number of hydrogen-bond acceptors (Lipinski definition) is 2. The van der Waals surface area contributed by atoms with Gasteiger partial charge in [-0.1, -0.05) is 62.4 Å². The minimum absolute atomic E-state index is 0.280. The molecule has 0 saturated heterocycles. The normalized spacial score (nSPS) is 13.6. The summed E-state index contributed by atoms with van der Waals surface area (Å²) in [5.74, 6) is 3.91. The highest BCUT2D eigenvalue weighted by Gasteiger charge is 2.12. The molecule has 0 radical (unpaired) electrons. The zero-order chi connectivity index (χ0) is 26.9. The molecular weight excluding hydrogens is 489 g/mol. The predicted molar refractivity (Wildman–Crippen MR) is 161 cm³/mol. The molecule has 1 heterocycles. The van der Waals surface area contributed by atoms with Crippen LogP contribution in [0.15, 0.2) is 108 Å². The lowest BCUT2D eigenvalue weighted by molar-refractivity contribution is 0.627. The van der Waals surface area contributed by atoms with E-state index in [2.05, 4.69) is 68.3 Å². The first kappa shape index (κ1) is 25.6. The molecule has 38 heavy (non-hydrogen) atoms. The Kier molecular flexibility index (Phi) is 7.00. The van der Waals surface area contributed by atoms with Gasteiger partial charge in [-0.15, -0.1) is 0 Å². The first-order valence-corrected chi connectivity index (χ1v) is 14.7. The first-order valence-electron chi connectivity index (χ1n) is 12.6. The number of benzene rings is 4. The Balaban J connectivity index is 1.66. The molecule has 5 aromatic rings. The topological polar surface area (TPSA) is 30.0 Å². The molecule has 0 bridgehead atoms. The molecule has 1 aromatic heterocycles. The molecule has 2 nitrogen and oxygen atoms in total. The van der Waals surface area contributed by atoms with Crippen molar-refractivity contribution in [3.63, 3.8) is 0 Å². The quantitative estimate of drug-likeness (QED) is 0.166.